The molecule has 0 bridgehead atoms. The zero-order valence-electron chi connectivity index (χ0n) is 9.93. The summed E-state index contributed by atoms with van der Waals surface area (Å²) < 4.78 is 14.3. The molecule has 0 aliphatic rings. The third-order valence-corrected chi connectivity index (χ3v) is 2.39. The fourth-order valence-corrected chi connectivity index (χ4v) is 1.49. The zero-order valence-corrected chi connectivity index (χ0v) is 9.93. The van der Waals surface area contributed by atoms with Crippen LogP contribution in [0, 0.1) is 12.7 Å². The van der Waals surface area contributed by atoms with Gasteiger partial charge in [-0.25, -0.2) is 4.39 Å². The Morgan fingerprint density at radius 2 is 2.11 bits per heavy atom. The quantitative estimate of drug-likeness (QED) is 0.883. The van der Waals surface area contributed by atoms with Gasteiger partial charge in [-0.05, 0) is 31.2 Å². The highest BCUT2D eigenvalue weighted by Crippen LogP contribution is 2.02. The van der Waals surface area contributed by atoms with Crippen LogP contribution in [-0.2, 0) is 6.54 Å². The Morgan fingerprint density at radius 1 is 1.39 bits per heavy atom. The van der Waals surface area contributed by atoms with Crippen LogP contribution in [0.3, 0.4) is 0 Å². The molecule has 0 saturated heterocycles. The molecule has 1 amide bonds. The number of rotatable bonds is 4. The van der Waals surface area contributed by atoms with Gasteiger partial charge in [0.15, 0.2) is 0 Å². The Hall–Kier alpha value is -2.24. The van der Waals surface area contributed by atoms with Crippen molar-refractivity contribution in [1.82, 2.24) is 20.3 Å². The summed E-state index contributed by atoms with van der Waals surface area (Å²) in [5.74, 6) is -0.587. The molecule has 0 aliphatic carbocycles. The molecular weight excluding hydrogens is 235 g/mol. The maximum absolute atomic E-state index is 12.7. The summed E-state index contributed by atoms with van der Waals surface area (Å²) in [4.78, 5) is 11.7. The average molecular weight is 248 g/mol. The van der Waals surface area contributed by atoms with Crippen molar-refractivity contribution in [2.24, 2.45) is 0 Å². The number of amides is 1. The Labute approximate surface area is 104 Å². The molecule has 5 nitrogen and oxygen atoms in total. The van der Waals surface area contributed by atoms with E-state index >= 15 is 0 Å². The number of halogens is 1. The summed E-state index contributed by atoms with van der Waals surface area (Å²) in [6.45, 7) is 2.84. The van der Waals surface area contributed by atoms with Crippen molar-refractivity contribution in [1.29, 1.82) is 0 Å². The second-order valence-corrected chi connectivity index (χ2v) is 3.89. The maximum Gasteiger partial charge on any atom is 0.251 e. The summed E-state index contributed by atoms with van der Waals surface area (Å²) in [5.41, 5.74) is 1.27. The van der Waals surface area contributed by atoms with Crippen molar-refractivity contribution in [2.45, 2.75) is 13.5 Å². The number of carbonyl (C=O) groups is 1. The highest BCUT2D eigenvalue weighted by atomic mass is 19.1. The third kappa shape index (κ3) is 3.13. The van der Waals surface area contributed by atoms with Crippen LogP contribution in [0.25, 0.3) is 0 Å². The lowest BCUT2D eigenvalue weighted by molar-refractivity contribution is 0.0952. The predicted molar refractivity (Wildman–Crippen MR) is 63.5 cm³/mol. The van der Waals surface area contributed by atoms with Crippen LogP contribution < -0.4 is 5.32 Å². The number of nitrogens with zero attached hydrogens (tertiary/aromatic N) is 3. The van der Waals surface area contributed by atoms with Gasteiger partial charge in [0, 0.05) is 18.3 Å². The van der Waals surface area contributed by atoms with Crippen molar-refractivity contribution >= 4 is 5.91 Å². The van der Waals surface area contributed by atoms with Gasteiger partial charge >= 0.3 is 0 Å². The number of aromatic nitrogens is 3. The molecule has 0 unspecified atom stereocenters. The molecule has 0 radical (unpaired) electrons. The van der Waals surface area contributed by atoms with E-state index in [0.717, 1.165) is 5.69 Å². The fourth-order valence-electron chi connectivity index (χ4n) is 1.49. The molecule has 2 aromatic rings. The van der Waals surface area contributed by atoms with Gasteiger partial charge in [0.2, 0.25) is 0 Å². The minimum absolute atomic E-state index is 0.230. The SMILES string of the molecule is Cc1cn(CCNC(=O)c2ccc(F)cc2)nn1. The van der Waals surface area contributed by atoms with E-state index in [4.69, 9.17) is 0 Å². The number of nitrogens with one attached hydrogen (secondary N) is 1. The number of aryl methyl sites for hydroxylation is 1. The van der Waals surface area contributed by atoms with Gasteiger partial charge < -0.3 is 5.32 Å². The molecule has 1 N–H and O–H groups in total. The van der Waals surface area contributed by atoms with E-state index in [9.17, 15) is 9.18 Å². The van der Waals surface area contributed by atoms with Gasteiger partial charge in [-0.3, -0.25) is 9.48 Å². The molecule has 6 heteroatoms. The molecule has 18 heavy (non-hydrogen) atoms. The lowest BCUT2D eigenvalue weighted by Gasteiger charge is -2.04. The van der Waals surface area contributed by atoms with Crippen LogP contribution in [-0.4, -0.2) is 27.4 Å². The molecule has 2 rings (SSSR count). The van der Waals surface area contributed by atoms with E-state index in [1.807, 2.05) is 6.92 Å². The Bertz CT molecular complexity index is 535. The normalized spacial score (nSPS) is 10.3. The van der Waals surface area contributed by atoms with Gasteiger partial charge in [-0.15, -0.1) is 5.10 Å². The Kier molecular flexibility index (Phi) is 3.66. The monoisotopic (exact) mass is 248 g/mol. The van der Waals surface area contributed by atoms with Crippen LogP contribution in [0.2, 0.25) is 0 Å². The molecule has 1 heterocycles. The molecule has 0 fully saturated rings. The van der Waals surface area contributed by atoms with Crippen molar-refractivity contribution in [2.75, 3.05) is 6.54 Å². The molecular formula is C12H13FN4O. The first-order chi connectivity index (χ1) is 8.65. The maximum atomic E-state index is 12.7. The standard InChI is InChI=1S/C12H13FN4O/c1-9-8-17(16-15-9)7-6-14-12(18)10-2-4-11(13)5-3-10/h2-5,8H,6-7H2,1H3,(H,14,18). The van der Waals surface area contributed by atoms with E-state index in [2.05, 4.69) is 15.6 Å². The first-order valence-electron chi connectivity index (χ1n) is 5.55. The lowest BCUT2D eigenvalue weighted by atomic mass is 10.2. The smallest absolute Gasteiger partial charge is 0.251 e. The minimum atomic E-state index is -0.357. The first-order valence-corrected chi connectivity index (χ1v) is 5.55. The van der Waals surface area contributed by atoms with Gasteiger partial charge in [0.05, 0.1) is 12.2 Å². The second-order valence-electron chi connectivity index (χ2n) is 3.89. The highest BCUT2D eigenvalue weighted by molar-refractivity contribution is 5.94. The number of benzene rings is 1. The molecule has 0 aliphatic heterocycles. The summed E-state index contributed by atoms with van der Waals surface area (Å²) >= 11 is 0. The van der Waals surface area contributed by atoms with Crippen LogP contribution in [0.1, 0.15) is 16.1 Å². The van der Waals surface area contributed by atoms with E-state index in [1.54, 1.807) is 10.9 Å². The summed E-state index contributed by atoms with van der Waals surface area (Å²) in [6.07, 6.45) is 1.80. The topological polar surface area (TPSA) is 59.8 Å². The number of hydrogen-bond donors (Lipinski definition) is 1. The largest absolute Gasteiger partial charge is 0.350 e. The summed E-state index contributed by atoms with van der Waals surface area (Å²) in [5, 5.41) is 10.4. The molecule has 0 atom stereocenters. The molecule has 0 saturated carbocycles. The molecule has 94 valence electrons. The predicted octanol–water partition coefficient (Wildman–Crippen LogP) is 1.16. The van der Waals surface area contributed by atoms with Crippen LogP contribution in [0.5, 0.6) is 0 Å². The number of carbonyl (C=O) groups excluding carboxylic acids is 1. The van der Waals surface area contributed by atoms with Gasteiger partial charge in [-0.2, -0.15) is 0 Å². The number of hydrogen-bond acceptors (Lipinski definition) is 3. The molecule has 0 spiro atoms. The van der Waals surface area contributed by atoms with Crippen LogP contribution in [0.15, 0.2) is 30.5 Å². The van der Waals surface area contributed by atoms with Gasteiger partial charge in [0.1, 0.15) is 5.82 Å². The van der Waals surface area contributed by atoms with Crippen molar-refractivity contribution < 1.29 is 9.18 Å². The summed E-state index contributed by atoms with van der Waals surface area (Å²) in [7, 11) is 0. The summed E-state index contributed by atoms with van der Waals surface area (Å²) in [6, 6.07) is 5.42. The van der Waals surface area contributed by atoms with Crippen LogP contribution >= 0.6 is 0 Å². The van der Waals surface area contributed by atoms with Crippen molar-refractivity contribution in [3.05, 3.63) is 47.5 Å². The van der Waals surface area contributed by atoms with Gasteiger partial charge in [0.25, 0.3) is 5.91 Å². The average Bonchev–Trinajstić information content (AvgIpc) is 2.76. The minimum Gasteiger partial charge on any atom is -0.350 e. The van der Waals surface area contributed by atoms with Crippen molar-refractivity contribution in [3.8, 4) is 0 Å². The Balaban J connectivity index is 1.83. The Morgan fingerprint density at radius 3 is 2.72 bits per heavy atom. The van der Waals surface area contributed by atoms with E-state index in [-0.39, 0.29) is 11.7 Å². The zero-order chi connectivity index (χ0) is 13.0. The van der Waals surface area contributed by atoms with Crippen LogP contribution in [0.4, 0.5) is 4.39 Å². The van der Waals surface area contributed by atoms with E-state index in [0.29, 0.717) is 18.7 Å². The fraction of sp³-hybridized carbons (Fsp3) is 0.250. The highest BCUT2D eigenvalue weighted by Gasteiger charge is 2.04. The second kappa shape index (κ2) is 5.39. The van der Waals surface area contributed by atoms with E-state index < -0.39 is 0 Å². The lowest BCUT2D eigenvalue weighted by Crippen LogP contribution is -2.27. The molecule has 1 aromatic carbocycles. The van der Waals surface area contributed by atoms with Crippen molar-refractivity contribution in [3.63, 3.8) is 0 Å². The first kappa shape index (κ1) is 12.2. The van der Waals surface area contributed by atoms with E-state index in [1.165, 1.54) is 24.3 Å². The third-order valence-electron chi connectivity index (χ3n) is 2.39. The molecule has 1 aromatic heterocycles. The van der Waals surface area contributed by atoms with Gasteiger partial charge in [-0.1, -0.05) is 5.21 Å².